The van der Waals surface area contributed by atoms with E-state index < -0.39 is 0 Å². The first-order chi connectivity index (χ1) is 11.6. The predicted molar refractivity (Wildman–Crippen MR) is 95.8 cm³/mol. The summed E-state index contributed by atoms with van der Waals surface area (Å²) < 4.78 is 7.09. The molecule has 0 saturated carbocycles. The first-order valence-corrected chi connectivity index (χ1v) is 8.60. The third-order valence-corrected chi connectivity index (χ3v) is 4.60. The number of hydrogen-bond acceptors (Lipinski definition) is 4. The van der Waals surface area contributed by atoms with Crippen LogP contribution in [0.5, 0.6) is 0 Å². The molecule has 0 fully saturated rings. The van der Waals surface area contributed by atoms with Crippen LogP contribution in [-0.4, -0.2) is 22.2 Å². The van der Waals surface area contributed by atoms with E-state index in [0.717, 1.165) is 11.4 Å². The van der Waals surface area contributed by atoms with Crippen molar-refractivity contribution in [1.29, 1.82) is 0 Å². The van der Waals surface area contributed by atoms with Gasteiger partial charge in [0.2, 0.25) is 5.91 Å². The standard InChI is InChI=1S/C18H19N3O2S/c1-13-18(16-6-4-12-24-16)14(2)21(20-13)10-9-19-17(22)8-7-15-5-3-11-23-15/h3-8,11-12H,9-10H2,1-2H3,(H,19,22)/b8-7+. The summed E-state index contributed by atoms with van der Waals surface area (Å²) in [6.07, 6.45) is 4.69. The van der Waals surface area contributed by atoms with Gasteiger partial charge in [-0.3, -0.25) is 9.48 Å². The van der Waals surface area contributed by atoms with Crippen LogP contribution in [-0.2, 0) is 11.3 Å². The maximum Gasteiger partial charge on any atom is 0.244 e. The average Bonchev–Trinajstić information content (AvgIpc) is 3.28. The van der Waals surface area contributed by atoms with Gasteiger partial charge in [-0.05, 0) is 43.5 Å². The maximum atomic E-state index is 11.8. The molecule has 0 aliphatic rings. The molecule has 0 aromatic carbocycles. The Balaban J connectivity index is 1.57. The van der Waals surface area contributed by atoms with Crippen LogP contribution in [0, 0.1) is 13.8 Å². The van der Waals surface area contributed by atoms with Gasteiger partial charge in [0.15, 0.2) is 0 Å². The summed E-state index contributed by atoms with van der Waals surface area (Å²) >= 11 is 1.71. The van der Waals surface area contributed by atoms with Crippen LogP contribution >= 0.6 is 11.3 Å². The van der Waals surface area contributed by atoms with E-state index in [4.69, 9.17) is 4.42 Å². The van der Waals surface area contributed by atoms with E-state index in [-0.39, 0.29) is 5.91 Å². The molecule has 5 nitrogen and oxygen atoms in total. The molecule has 0 atom stereocenters. The van der Waals surface area contributed by atoms with Crippen LogP contribution in [0.15, 0.2) is 46.4 Å². The summed E-state index contributed by atoms with van der Waals surface area (Å²) in [5.41, 5.74) is 3.32. The quantitative estimate of drug-likeness (QED) is 0.696. The number of aryl methyl sites for hydroxylation is 1. The van der Waals surface area contributed by atoms with Gasteiger partial charge in [-0.1, -0.05) is 6.07 Å². The molecule has 3 heterocycles. The molecule has 6 heteroatoms. The Morgan fingerprint density at radius 1 is 1.38 bits per heavy atom. The molecule has 0 radical (unpaired) electrons. The van der Waals surface area contributed by atoms with Crippen molar-refractivity contribution in [3.63, 3.8) is 0 Å². The van der Waals surface area contributed by atoms with Crippen LogP contribution in [0.4, 0.5) is 0 Å². The summed E-state index contributed by atoms with van der Waals surface area (Å²) in [6.45, 7) is 5.24. The first kappa shape index (κ1) is 16.3. The second-order valence-electron chi connectivity index (χ2n) is 5.39. The van der Waals surface area contributed by atoms with Gasteiger partial charge in [-0.15, -0.1) is 11.3 Å². The van der Waals surface area contributed by atoms with Crippen molar-refractivity contribution >= 4 is 23.3 Å². The topological polar surface area (TPSA) is 60.1 Å². The van der Waals surface area contributed by atoms with Gasteiger partial charge in [0.05, 0.1) is 18.5 Å². The van der Waals surface area contributed by atoms with Crippen molar-refractivity contribution in [3.8, 4) is 10.4 Å². The molecule has 0 spiro atoms. The monoisotopic (exact) mass is 341 g/mol. The van der Waals surface area contributed by atoms with E-state index in [2.05, 4.69) is 28.8 Å². The van der Waals surface area contributed by atoms with E-state index >= 15 is 0 Å². The van der Waals surface area contributed by atoms with E-state index in [1.165, 1.54) is 16.5 Å². The molecule has 0 aliphatic heterocycles. The Kier molecular flexibility index (Phi) is 4.96. The third kappa shape index (κ3) is 3.65. The number of carbonyl (C=O) groups is 1. The summed E-state index contributed by atoms with van der Waals surface area (Å²) in [4.78, 5) is 13.0. The summed E-state index contributed by atoms with van der Waals surface area (Å²) in [7, 11) is 0. The predicted octanol–water partition coefficient (Wildman–Crippen LogP) is 3.65. The molecular formula is C18H19N3O2S. The van der Waals surface area contributed by atoms with Crippen molar-refractivity contribution in [3.05, 3.63) is 59.1 Å². The number of aromatic nitrogens is 2. The lowest BCUT2D eigenvalue weighted by Gasteiger charge is -2.05. The van der Waals surface area contributed by atoms with Crippen LogP contribution in [0.25, 0.3) is 16.5 Å². The number of amides is 1. The Bertz CT molecular complexity index is 830. The van der Waals surface area contributed by atoms with Crippen LogP contribution < -0.4 is 5.32 Å². The third-order valence-electron chi connectivity index (χ3n) is 3.71. The number of nitrogens with one attached hydrogen (secondary N) is 1. The van der Waals surface area contributed by atoms with Gasteiger partial charge in [0.1, 0.15) is 5.76 Å². The highest BCUT2D eigenvalue weighted by molar-refractivity contribution is 7.13. The van der Waals surface area contributed by atoms with Crippen molar-refractivity contribution in [2.45, 2.75) is 20.4 Å². The number of thiophene rings is 1. The van der Waals surface area contributed by atoms with Gasteiger partial charge < -0.3 is 9.73 Å². The van der Waals surface area contributed by atoms with Gasteiger partial charge in [0, 0.05) is 28.8 Å². The Morgan fingerprint density at radius 2 is 2.25 bits per heavy atom. The number of furan rings is 1. The second kappa shape index (κ2) is 7.31. The van der Waals surface area contributed by atoms with Crippen molar-refractivity contribution in [1.82, 2.24) is 15.1 Å². The normalized spacial score (nSPS) is 11.2. The van der Waals surface area contributed by atoms with Crippen LogP contribution in [0.1, 0.15) is 17.1 Å². The molecule has 3 aromatic rings. The molecule has 0 aliphatic carbocycles. The lowest BCUT2D eigenvalue weighted by Crippen LogP contribution is -2.26. The fourth-order valence-electron chi connectivity index (χ4n) is 2.58. The van der Waals surface area contributed by atoms with Crippen molar-refractivity contribution < 1.29 is 9.21 Å². The van der Waals surface area contributed by atoms with Crippen molar-refractivity contribution in [2.75, 3.05) is 6.54 Å². The number of nitrogens with zero attached hydrogens (tertiary/aromatic N) is 2. The molecule has 124 valence electrons. The molecule has 1 N–H and O–H groups in total. The number of rotatable bonds is 6. The molecule has 0 unspecified atom stereocenters. The van der Waals surface area contributed by atoms with Crippen LogP contribution in [0.2, 0.25) is 0 Å². The second-order valence-corrected chi connectivity index (χ2v) is 6.33. The molecule has 0 saturated heterocycles. The molecule has 3 rings (SSSR count). The van der Waals surface area contributed by atoms with Gasteiger partial charge in [0.25, 0.3) is 0 Å². The van der Waals surface area contributed by atoms with E-state index in [1.807, 2.05) is 17.7 Å². The SMILES string of the molecule is Cc1nn(CCNC(=O)/C=C/c2ccco2)c(C)c1-c1cccs1. The highest BCUT2D eigenvalue weighted by Gasteiger charge is 2.13. The number of hydrogen-bond donors (Lipinski definition) is 1. The molecule has 1 amide bonds. The zero-order chi connectivity index (χ0) is 16.9. The van der Waals surface area contributed by atoms with E-state index in [0.29, 0.717) is 18.8 Å². The smallest absolute Gasteiger partial charge is 0.244 e. The Labute approximate surface area is 144 Å². The van der Waals surface area contributed by atoms with Gasteiger partial charge >= 0.3 is 0 Å². The highest BCUT2D eigenvalue weighted by atomic mass is 32.1. The van der Waals surface area contributed by atoms with E-state index in [1.54, 1.807) is 35.8 Å². The highest BCUT2D eigenvalue weighted by Crippen LogP contribution is 2.30. The lowest BCUT2D eigenvalue weighted by atomic mass is 10.1. The lowest BCUT2D eigenvalue weighted by molar-refractivity contribution is -0.116. The number of carbonyl (C=O) groups excluding carboxylic acids is 1. The minimum atomic E-state index is -0.147. The summed E-state index contributed by atoms with van der Waals surface area (Å²) in [6, 6.07) is 7.73. The largest absolute Gasteiger partial charge is 0.465 e. The molecule has 0 bridgehead atoms. The minimum absolute atomic E-state index is 0.147. The first-order valence-electron chi connectivity index (χ1n) is 7.72. The molecule has 24 heavy (non-hydrogen) atoms. The molecule has 3 aromatic heterocycles. The van der Waals surface area contributed by atoms with Crippen molar-refractivity contribution in [2.24, 2.45) is 0 Å². The zero-order valence-corrected chi connectivity index (χ0v) is 14.5. The zero-order valence-electron chi connectivity index (χ0n) is 13.7. The Hall–Kier alpha value is -2.60. The van der Waals surface area contributed by atoms with Crippen LogP contribution in [0.3, 0.4) is 0 Å². The fraction of sp³-hybridized carbons (Fsp3) is 0.222. The van der Waals surface area contributed by atoms with E-state index in [9.17, 15) is 4.79 Å². The summed E-state index contributed by atoms with van der Waals surface area (Å²) in [5.74, 6) is 0.510. The minimum Gasteiger partial charge on any atom is -0.465 e. The van der Waals surface area contributed by atoms with Gasteiger partial charge in [-0.25, -0.2) is 0 Å². The average molecular weight is 341 g/mol. The maximum absolute atomic E-state index is 11.8. The fourth-order valence-corrected chi connectivity index (χ4v) is 3.45. The molecular weight excluding hydrogens is 322 g/mol. The summed E-state index contributed by atoms with van der Waals surface area (Å²) in [5, 5.41) is 9.51. The Morgan fingerprint density at radius 3 is 2.96 bits per heavy atom. The van der Waals surface area contributed by atoms with Gasteiger partial charge in [-0.2, -0.15) is 5.10 Å².